The summed E-state index contributed by atoms with van der Waals surface area (Å²) in [6.45, 7) is 3.21. The van der Waals surface area contributed by atoms with E-state index in [-0.39, 0.29) is 44.2 Å². The SMILES string of the molecule is C=CCCC(=O)N(Cc1ccc(Cl)cc1Cl)C1C=C(C(=O)NCCO)C2c3cc(CO)cc(OC)c3OC2C1O. The van der Waals surface area contributed by atoms with Gasteiger partial charge < -0.3 is 35.0 Å². The van der Waals surface area contributed by atoms with Gasteiger partial charge in [0.25, 0.3) is 0 Å². The number of rotatable bonds is 11. The summed E-state index contributed by atoms with van der Waals surface area (Å²) in [5.41, 5.74) is 1.98. The van der Waals surface area contributed by atoms with E-state index in [2.05, 4.69) is 11.9 Å². The first-order chi connectivity index (χ1) is 19.2. The first-order valence-electron chi connectivity index (χ1n) is 12.8. The average molecular weight is 591 g/mol. The predicted molar refractivity (Wildman–Crippen MR) is 150 cm³/mol. The van der Waals surface area contributed by atoms with E-state index in [1.165, 1.54) is 12.0 Å². The summed E-state index contributed by atoms with van der Waals surface area (Å²) < 4.78 is 11.7. The minimum absolute atomic E-state index is 0.0108. The number of carbonyl (C=O) groups excluding carboxylic acids is 2. The van der Waals surface area contributed by atoms with Crippen molar-refractivity contribution in [3.05, 3.63) is 81.4 Å². The molecule has 4 unspecified atom stereocenters. The summed E-state index contributed by atoms with van der Waals surface area (Å²) in [6.07, 6.45) is 1.55. The molecule has 214 valence electrons. The van der Waals surface area contributed by atoms with Crippen LogP contribution in [0.25, 0.3) is 0 Å². The van der Waals surface area contributed by atoms with E-state index >= 15 is 0 Å². The second-order valence-corrected chi connectivity index (χ2v) is 10.4. The first kappa shape index (κ1) is 29.9. The second-order valence-electron chi connectivity index (χ2n) is 9.60. The van der Waals surface area contributed by atoms with Gasteiger partial charge in [0.15, 0.2) is 11.5 Å². The third-order valence-electron chi connectivity index (χ3n) is 7.09. The van der Waals surface area contributed by atoms with Crippen LogP contribution in [0.4, 0.5) is 0 Å². The molecule has 11 heteroatoms. The maximum atomic E-state index is 13.5. The normalized spacial score (nSPS) is 21.0. The van der Waals surface area contributed by atoms with Crippen molar-refractivity contribution in [1.29, 1.82) is 0 Å². The van der Waals surface area contributed by atoms with E-state index in [9.17, 15) is 24.9 Å². The fraction of sp³-hybridized carbons (Fsp3) is 0.379. The van der Waals surface area contributed by atoms with Crippen LogP contribution >= 0.6 is 23.2 Å². The van der Waals surface area contributed by atoms with Gasteiger partial charge in [-0.05, 0) is 47.9 Å². The number of amides is 2. The molecule has 2 aromatic rings. The molecule has 9 nitrogen and oxygen atoms in total. The number of fused-ring (bicyclic) bond motifs is 3. The molecular weight excluding hydrogens is 559 g/mol. The number of aliphatic hydroxyl groups is 3. The van der Waals surface area contributed by atoms with Crippen molar-refractivity contribution >= 4 is 35.0 Å². The average Bonchev–Trinajstić information content (AvgIpc) is 3.34. The number of methoxy groups -OCH3 is 1. The van der Waals surface area contributed by atoms with Gasteiger partial charge in [-0.3, -0.25) is 9.59 Å². The van der Waals surface area contributed by atoms with Gasteiger partial charge in [-0.2, -0.15) is 0 Å². The summed E-state index contributed by atoms with van der Waals surface area (Å²) >= 11 is 12.5. The van der Waals surface area contributed by atoms with E-state index in [4.69, 9.17) is 32.7 Å². The fourth-order valence-electron chi connectivity index (χ4n) is 5.18. The fourth-order valence-corrected chi connectivity index (χ4v) is 5.65. The van der Waals surface area contributed by atoms with Gasteiger partial charge >= 0.3 is 0 Å². The van der Waals surface area contributed by atoms with Gasteiger partial charge in [0, 0.05) is 40.7 Å². The Morgan fingerprint density at radius 3 is 2.65 bits per heavy atom. The largest absolute Gasteiger partial charge is 0.493 e. The van der Waals surface area contributed by atoms with Crippen molar-refractivity contribution in [1.82, 2.24) is 10.2 Å². The van der Waals surface area contributed by atoms with Crippen LogP contribution in [0.15, 0.2) is 54.6 Å². The van der Waals surface area contributed by atoms with Crippen LogP contribution in [0.5, 0.6) is 11.5 Å². The molecule has 0 fully saturated rings. The number of aliphatic hydroxyl groups excluding tert-OH is 3. The summed E-state index contributed by atoms with van der Waals surface area (Å²) in [7, 11) is 1.46. The minimum Gasteiger partial charge on any atom is -0.493 e. The van der Waals surface area contributed by atoms with Crippen LogP contribution in [0.3, 0.4) is 0 Å². The number of nitrogens with zero attached hydrogens (tertiary/aromatic N) is 1. The molecule has 0 saturated carbocycles. The highest BCUT2D eigenvalue weighted by molar-refractivity contribution is 6.35. The van der Waals surface area contributed by atoms with Gasteiger partial charge in [-0.25, -0.2) is 0 Å². The van der Waals surface area contributed by atoms with Crippen molar-refractivity contribution < 1.29 is 34.4 Å². The molecule has 0 spiro atoms. The molecular formula is C29H32Cl2N2O7. The smallest absolute Gasteiger partial charge is 0.247 e. The van der Waals surface area contributed by atoms with Gasteiger partial charge in [-0.1, -0.05) is 35.3 Å². The predicted octanol–water partition coefficient (Wildman–Crippen LogP) is 3.11. The Hall–Kier alpha value is -3.08. The van der Waals surface area contributed by atoms with Crippen LogP contribution in [-0.2, 0) is 22.7 Å². The van der Waals surface area contributed by atoms with E-state index < -0.39 is 30.1 Å². The molecule has 1 aliphatic heterocycles. The van der Waals surface area contributed by atoms with Crippen LogP contribution in [0.1, 0.15) is 35.4 Å². The van der Waals surface area contributed by atoms with Crippen molar-refractivity contribution in [3.63, 3.8) is 0 Å². The van der Waals surface area contributed by atoms with Crippen molar-refractivity contribution in [2.45, 2.75) is 50.2 Å². The van der Waals surface area contributed by atoms with Crippen LogP contribution in [0.2, 0.25) is 10.0 Å². The molecule has 4 rings (SSSR count). The summed E-state index contributed by atoms with van der Waals surface area (Å²) in [5.74, 6) is -0.781. The number of hydrogen-bond donors (Lipinski definition) is 4. The Labute approximate surface area is 242 Å². The topological polar surface area (TPSA) is 129 Å². The van der Waals surface area contributed by atoms with E-state index in [1.54, 1.807) is 42.5 Å². The molecule has 0 radical (unpaired) electrons. The summed E-state index contributed by atoms with van der Waals surface area (Å²) in [5, 5.41) is 34.3. The molecule has 2 aromatic carbocycles. The Morgan fingerprint density at radius 2 is 2.00 bits per heavy atom. The lowest BCUT2D eigenvalue weighted by molar-refractivity contribution is -0.138. The first-order valence-corrected chi connectivity index (χ1v) is 13.6. The summed E-state index contributed by atoms with van der Waals surface area (Å²) in [6, 6.07) is 7.32. The highest BCUT2D eigenvalue weighted by atomic mass is 35.5. The maximum Gasteiger partial charge on any atom is 0.247 e. The zero-order valence-electron chi connectivity index (χ0n) is 22.0. The Bertz CT molecular complexity index is 1320. The number of hydrogen-bond acceptors (Lipinski definition) is 7. The maximum absolute atomic E-state index is 13.5. The Morgan fingerprint density at radius 1 is 1.23 bits per heavy atom. The van der Waals surface area contributed by atoms with Crippen LogP contribution in [-0.4, -0.2) is 70.5 Å². The van der Waals surface area contributed by atoms with Crippen molar-refractivity contribution in [3.8, 4) is 11.5 Å². The number of allylic oxidation sites excluding steroid dienone is 1. The van der Waals surface area contributed by atoms with Gasteiger partial charge in [0.2, 0.25) is 11.8 Å². The molecule has 2 amide bonds. The molecule has 4 atom stereocenters. The molecule has 1 aliphatic carbocycles. The number of nitrogens with one attached hydrogen (secondary N) is 1. The quantitative estimate of drug-likeness (QED) is 0.296. The second kappa shape index (κ2) is 13.1. The lowest BCUT2D eigenvalue weighted by Crippen LogP contribution is -2.55. The molecule has 2 aliphatic rings. The lowest BCUT2D eigenvalue weighted by atomic mass is 9.77. The molecule has 40 heavy (non-hydrogen) atoms. The van der Waals surface area contributed by atoms with E-state index in [1.807, 2.05) is 0 Å². The third kappa shape index (κ3) is 5.99. The zero-order valence-corrected chi connectivity index (χ0v) is 23.5. The standard InChI is InChI=1S/C29H32Cl2N2O7/c1-3-4-5-24(36)33(14-17-6-7-18(30)12-21(17)31)22-13-20(29(38)32-8-9-34)25-19-10-16(15-35)11-23(39-2)27(19)40-28(25)26(22)37/h3,6-7,10-13,22,25-26,28,34-35,37H,1,4-5,8-9,14-15H2,2H3,(H,32,38). The minimum atomic E-state index is -1.24. The van der Waals surface area contributed by atoms with Crippen LogP contribution < -0.4 is 14.8 Å². The number of ether oxygens (including phenoxy) is 2. The monoisotopic (exact) mass is 590 g/mol. The zero-order chi connectivity index (χ0) is 29.0. The Balaban J connectivity index is 1.82. The number of benzene rings is 2. The highest BCUT2D eigenvalue weighted by Gasteiger charge is 2.51. The molecule has 4 N–H and O–H groups in total. The lowest BCUT2D eigenvalue weighted by Gasteiger charge is -2.41. The molecule has 0 bridgehead atoms. The van der Waals surface area contributed by atoms with Crippen molar-refractivity contribution in [2.24, 2.45) is 0 Å². The number of carbonyl (C=O) groups is 2. The highest BCUT2D eigenvalue weighted by Crippen LogP contribution is 2.51. The number of halogens is 2. The molecule has 1 heterocycles. The van der Waals surface area contributed by atoms with Crippen LogP contribution in [0, 0.1) is 0 Å². The van der Waals surface area contributed by atoms with Crippen molar-refractivity contribution in [2.75, 3.05) is 20.3 Å². The summed E-state index contributed by atoms with van der Waals surface area (Å²) in [4.78, 5) is 28.4. The van der Waals surface area contributed by atoms with Gasteiger partial charge in [0.1, 0.15) is 12.2 Å². The Kier molecular flexibility index (Phi) is 9.76. The molecule has 0 saturated heterocycles. The van der Waals surface area contributed by atoms with Gasteiger partial charge in [0.05, 0.1) is 32.3 Å². The van der Waals surface area contributed by atoms with Gasteiger partial charge in [-0.15, -0.1) is 6.58 Å². The molecule has 0 aromatic heterocycles. The van der Waals surface area contributed by atoms with E-state index in [0.717, 1.165) is 0 Å². The van der Waals surface area contributed by atoms with E-state index in [0.29, 0.717) is 44.7 Å². The third-order valence-corrected chi connectivity index (χ3v) is 7.68.